The second kappa shape index (κ2) is 6.71. The van der Waals surface area contributed by atoms with E-state index in [2.05, 4.69) is 10.6 Å². The molecule has 2 atom stereocenters. The molecule has 1 fully saturated rings. The Balaban J connectivity index is 2.21. The molecule has 1 aliphatic rings. The Morgan fingerprint density at radius 1 is 1.41 bits per heavy atom. The minimum Gasteiger partial charge on any atom is -0.366 e. The van der Waals surface area contributed by atoms with Crippen LogP contribution in [0.4, 0.5) is 8.78 Å². The fourth-order valence-corrected chi connectivity index (χ4v) is 2.47. The zero-order chi connectivity index (χ0) is 16.3. The van der Waals surface area contributed by atoms with Crippen molar-refractivity contribution in [2.45, 2.75) is 32.9 Å². The molecular formula is C16H22F2N2O2. The Morgan fingerprint density at radius 2 is 2.14 bits per heavy atom. The van der Waals surface area contributed by atoms with Crippen LogP contribution in [0, 0.1) is 17.0 Å². The van der Waals surface area contributed by atoms with Crippen LogP contribution in [-0.4, -0.2) is 31.7 Å². The lowest BCUT2D eigenvalue weighted by Crippen LogP contribution is -2.50. The largest absolute Gasteiger partial charge is 0.366 e. The first-order valence-corrected chi connectivity index (χ1v) is 7.36. The van der Waals surface area contributed by atoms with E-state index in [4.69, 9.17) is 4.74 Å². The highest BCUT2D eigenvalue weighted by molar-refractivity contribution is 5.81. The van der Waals surface area contributed by atoms with Gasteiger partial charge < -0.3 is 15.4 Å². The van der Waals surface area contributed by atoms with Gasteiger partial charge in [-0.3, -0.25) is 4.79 Å². The highest BCUT2D eigenvalue weighted by atomic mass is 19.1. The van der Waals surface area contributed by atoms with Crippen LogP contribution in [0.5, 0.6) is 0 Å². The molecule has 22 heavy (non-hydrogen) atoms. The number of carbonyl (C=O) groups is 1. The second-order valence-electron chi connectivity index (χ2n) is 6.54. The van der Waals surface area contributed by atoms with Crippen LogP contribution in [0.1, 0.15) is 32.4 Å². The summed E-state index contributed by atoms with van der Waals surface area (Å²) in [6.07, 6.45) is -0.595. The topological polar surface area (TPSA) is 50.4 Å². The molecule has 0 aromatic heterocycles. The Bertz CT molecular complexity index is 537. The van der Waals surface area contributed by atoms with Gasteiger partial charge in [-0.25, -0.2) is 8.78 Å². The van der Waals surface area contributed by atoms with Gasteiger partial charge in [0.2, 0.25) is 0 Å². The van der Waals surface area contributed by atoms with Gasteiger partial charge in [0, 0.05) is 24.7 Å². The van der Waals surface area contributed by atoms with Crippen molar-refractivity contribution in [1.29, 1.82) is 0 Å². The van der Waals surface area contributed by atoms with E-state index in [-0.39, 0.29) is 11.5 Å². The summed E-state index contributed by atoms with van der Waals surface area (Å²) in [5.74, 6) is -1.60. The minimum absolute atomic E-state index is 0.269. The van der Waals surface area contributed by atoms with E-state index in [0.29, 0.717) is 19.7 Å². The zero-order valence-electron chi connectivity index (χ0n) is 13.1. The van der Waals surface area contributed by atoms with E-state index in [9.17, 15) is 13.6 Å². The molecule has 0 bridgehead atoms. The number of nitrogens with one attached hydrogen (secondary N) is 2. The van der Waals surface area contributed by atoms with Crippen molar-refractivity contribution in [3.8, 4) is 0 Å². The third-order valence-corrected chi connectivity index (χ3v) is 3.65. The van der Waals surface area contributed by atoms with Crippen molar-refractivity contribution in [1.82, 2.24) is 10.6 Å². The fraction of sp³-hybridized carbons (Fsp3) is 0.562. The summed E-state index contributed by atoms with van der Waals surface area (Å²) in [6.45, 7) is 7.26. The van der Waals surface area contributed by atoms with Crippen molar-refractivity contribution in [2.75, 3.05) is 19.7 Å². The molecule has 1 aromatic carbocycles. The Hall–Kier alpha value is -1.53. The number of amides is 1. The number of ether oxygens (including phenoxy) is 1. The molecule has 1 aliphatic heterocycles. The monoisotopic (exact) mass is 312 g/mol. The van der Waals surface area contributed by atoms with Crippen LogP contribution < -0.4 is 10.6 Å². The predicted molar refractivity (Wildman–Crippen MR) is 79.3 cm³/mol. The first kappa shape index (κ1) is 16.8. The van der Waals surface area contributed by atoms with E-state index < -0.39 is 29.2 Å². The predicted octanol–water partition coefficient (Wildman–Crippen LogP) is 2.16. The standard InChI is InChI=1S/C16H22F2N2O2/c1-16(2,3)14(11-5-4-10(17)8-12(11)18)20-15(21)13-9-19-6-7-22-13/h4-5,8,13-14,19H,6-7,9H2,1-3H3,(H,20,21). The molecular weight excluding hydrogens is 290 g/mol. The maximum Gasteiger partial charge on any atom is 0.250 e. The van der Waals surface area contributed by atoms with E-state index in [0.717, 1.165) is 6.07 Å². The third-order valence-electron chi connectivity index (χ3n) is 3.65. The average Bonchev–Trinajstić information content (AvgIpc) is 2.45. The molecule has 6 heteroatoms. The zero-order valence-corrected chi connectivity index (χ0v) is 13.1. The highest BCUT2D eigenvalue weighted by Gasteiger charge is 2.33. The molecule has 2 rings (SSSR count). The Kier molecular flexibility index (Phi) is 5.13. The van der Waals surface area contributed by atoms with E-state index in [1.807, 2.05) is 20.8 Å². The number of rotatable bonds is 3. The van der Waals surface area contributed by atoms with Gasteiger partial charge in [0.05, 0.1) is 12.6 Å². The normalized spacial score (nSPS) is 20.5. The molecule has 0 aliphatic carbocycles. The maximum atomic E-state index is 14.1. The van der Waals surface area contributed by atoms with Gasteiger partial charge in [-0.05, 0) is 11.5 Å². The van der Waals surface area contributed by atoms with Crippen LogP contribution >= 0.6 is 0 Å². The SMILES string of the molecule is CC(C)(C)C(NC(=O)C1CNCCO1)c1ccc(F)cc1F. The quantitative estimate of drug-likeness (QED) is 0.899. The minimum atomic E-state index is -0.664. The molecule has 2 unspecified atom stereocenters. The van der Waals surface area contributed by atoms with Crippen LogP contribution in [0.2, 0.25) is 0 Å². The maximum absolute atomic E-state index is 14.1. The smallest absolute Gasteiger partial charge is 0.250 e. The van der Waals surface area contributed by atoms with E-state index >= 15 is 0 Å². The summed E-state index contributed by atoms with van der Waals surface area (Å²) >= 11 is 0. The van der Waals surface area contributed by atoms with Crippen molar-refractivity contribution in [3.63, 3.8) is 0 Å². The molecule has 2 N–H and O–H groups in total. The van der Waals surface area contributed by atoms with Gasteiger partial charge in [0.15, 0.2) is 0 Å². The Morgan fingerprint density at radius 3 is 2.68 bits per heavy atom. The first-order valence-electron chi connectivity index (χ1n) is 7.36. The van der Waals surface area contributed by atoms with E-state index in [1.165, 1.54) is 12.1 Å². The average molecular weight is 312 g/mol. The molecule has 0 saturated carbocycles. The number of carbonyl (C=O) groups excluding carboxylic acids is 1. The fourth-order valence-electron chi connectivity index (χ4n) is 2.47. The van der Waals surface area contributed by atoms with Crippen molar-refractivity contribution < 1.29 is 18.3 Å². The lowest BCUT2D eigenvalue weighted by atomic mass is 9.82. The number of benzene rings is 1. The third kappa shape index (κ3) is 4.01. The van der Waals surface area contributed by atoms with Gasteiger partial charge in [-0.1, -0.05) is 26.8 Å². The number of morpholine rings is 1. The van der Waals surface area contributed by atoms with Crippen LogP contribution in [0.25, 0.3) is 0 Å². The molecule has 1 aromatic rings. The summed E-state index contributed by atoms with van der Waals surface area (Å²) < 4.78 is 32.6. The van der Waals surface area contributed by atoms with E-state index in [1.54, 1.807) is 0 Å². The number of hydrogen-bond donors (Lipinski definition) is 2. The van der Waals surface area contributed by atoms with Gasteiger partial charge in [-0.2, -0.15) is 0 Å². The van der Waals surface area contributed by atoms with Gasteiger partial charge in [0.25, 0.3) is 5.91 Å². The summed E-state index contributed by atoms with van der Waals surface area (Å²) in [5.41, 5.74) is -0.165. The van der Waals surface area contributed by atoms with Crippen molar-refractivity contribution in [3.05, 3.63) is 35.4 Å². The molecule has 122 valence electrons. The molecule has 1 amide bonds. The number of halogens is 2. The van der Waals surface area contributed by atoms with Crippen molar-refractivity contribution >= 4 is 5.91 Å². The molecule has 0 radical (unpaired) electrons. The Labute approximate surface area is 129 Å². The molecule has 0 spiro atoms. The number of hydrogen-bond acceptors (Lipinski definition) is 3. The lowest BCUT2D eigenvalue weighted by molar-refractivity contribution is -0.135. The van der Waals surface area contributed by atoms with Crippen LogP contribution in [0.3, 0.4) is 0 Å². The molecule has 1 saturated heterocycles. The lowest BCUT2D eigenvalue weighted by Gasteiger charge is -2.34. The molecule has 1 heterocycles. The van der Waals surface area contributed by atoms with Crippen LogP contribution in [0.15, 0.2) is 18.2 Å². The summed E-state index contributed by atoms with van der Waals surface area (Å²) in [5, 5.41) is 5.91. The second-order valence-corrected chi connectivity index (χ2v) is 6.54. The van der Waals surface area contributed by atoms with Gasteiger partial charge in [-0.15, -0.1) is 0 Å². The van der Waals surface area contributed by atoms with Gasteiger partial charge in [0.1, 0.15) is 17.7 Å². The first-order chi connectivity index (χ1) is 10.3. The van der Waals surface area contributed by atoms with Gasteiger partial charge >= 0.3 is 0 Å². The molecule has 4 nitrogen and oxygen atoms in total. The summed E-state index contributed by atoms with van der Waals surface area (Å²) in [6, 6.07) is 2.83. The summed E-state index contributed by atoms with van der Waals surface area (Å²) in [4.78, 5) is 12.3. The van der Waals surface area contributed by atoms with Crippen molar-refractivity contribution in [2.24, 2.45) is 5.41 Å². The summed E-state index contributed by atoms with van der Waals surface area (Å²) in [7, 11) is 0. The highest BCUT2D eigenvalue weighted by Crippen LogP contribution is 2.34. The van der Waals surface area contributed by atoms with Crippen LogP contribution in [-0.2, 0) is 9.53 Å².